The van der Waals surface area contributed by atoms with E-state index in [1.165, 1.54) is 6.07 Å². The van der Waals surface area contributed by atoms with E-state index in [0.29, 0.717) is 39.1 Å². The van der Waals surface area contributed by atoms with Crippen LogP contribution in [0.2, 0.25) is 0 Å². The lowest BCUT2D eigenvalue weighted by Crippen LogP contribution is -2.53. The Bertz CT molecular complexity index is 572. The van der Waals surface area contributed by atoms with Gasteiger partial charge in [-0.15, -0.1) is 24.8 Å². The first kappa shape index (κ1) is 20.9. The van der Waals surface area contributed by atoms with E-state index in [-0.39, 0.29) is 42.5 Å². The van der Waals surface area contributed by atoms with Crippen LogP contribution in [0.5, 0.6) is 0 Å². The highest BCUT2D eigenvalue weighted by atomic mass is 35.5. The molecule has 1 amide bonds. The third-order valence-corrected chi connectivity index (χ3v) is 4.25. The van der Waals surface area contributed by atoms with Gasteiger partial charge in [-0.25, -0.2) is 8.78 Å². The van der Waals surface area contributed by atoms with Crippen molar-refractivity contribution in [3.8, 4) is 0 Å². The van der Waals surface area contributed by atoms with Gasteiger partial charge in [0.1, 0.15) is 11.6 Å². The number of benzene rings is 1. The lowest BCUT2D eigenvalue weighted by molar-refractivity contribution is -0.133. The number of piperazine rings is 1. The van der Waals surface area contributed by atoms with Gasteiger partial charge >= 0.3 is 0 Å². The molecule has 5 nitrogen and oxygen atoms in total. The highest BCUT2D eigenvalue weighted by molar-refractivity contribution is 5.85. The summed E-state index contributed by atoms with van der Waals surface area (Å²) >= 11 is 0. The summed E-state index contributed by atoms with van der Waals surface area (Å²) in [5.41, 5.74) is 0.238. The number of anilines is 1. The first-order valence-electron chi connectivity index (χ1n) is 7.45. The molecule has 2 unspecified atom stereocenters. The number of β-amino-alcohol motifs (C(OH)–C–C–N with tert-alkyl or cyclic N) is 1. The van der Waals surface area contributed by atoms with Crippen molar-refractivity contribution >= 4 is 36.4 Å². The van der Waals surface area contributed by atoms with Crippen molar-refractivity contribution in [2.75, 3.05) is 37.6 Å². The van der Waals surface area contributed by atoms with Crippen molar-refractivity contribution < 1.29 is 18.7 Å². The molecular weight excluding hydrogens is 363 g/mol. The molecule has 2 N–H and O–H groups in total. The minimum atomic E-state index is -0.475. The van der Waals surface area contributed by atoms with Crippen molar-refractivity contribution in [3.05, 3.63) is 29.8 Å². The molecule has 2 heterocycles. The molecule has 0 spiro atoms. The molecule has 2 aliphatic rings. The first-order valence-corrected chi connectivity index (χ1v) is 7.45. The van der Waals surface area contributed by atoms with Crippen molar-refractivity contribution in [3.63, 3.8) is 0 Å². The molecule has 2 fully saturated rings. The van der Waals surface area contributed by atoms with Gasteiger partial charge in [-0.2, -0.15) is 0 Å². The lowest BCUT2D eigenvalue weighted by atomic mass is 10.1. The summed E-state index contributed by atoms with van der Waals surface area (Å²) in [4.78, 5) is 15.8. The largest absolute Gasteiger partial charge is 0.392 e. The predicted molar refractivity (Wildman–Crippen MR) is 92.1 cm³/mol. The molecule has 2 saturated heterocycles. The summed E-state index contributed by atoms with van der Waals surface area (Å²) in [6, 6.07) is 3.05. The van der Waals surface area contributed by atoms with Gasteiger partial charge in [0, 0.05) is 38.8 Å². The monoisotopic (exact) mass is 383 g/mol. The number of rotatable bonds is 2. The van der Waals surface area contributed by atoms with E-state index in [9.17, 15) is 18.7 Å². The number of halogens is 4. The van der Waals surface area contributed by atoms with Crippen molar-refractivity contribution in [2.45, 2.75) is 18.6 Å². The molecular formula is C15H21Cl2F2N3O2. The Morgan fingerprint density at radius 2 is 1.83 bits per heavy atom. The van der Waals surface area contributed by atoms with Gasteiger partial charge in [0.25, 0.3) is 0 Å². The second-order valence-corrected chi connectivity index (χ2v) is 5.76. The maximum atomic E-state index is 13.8. The zero-order valence-electron chi connectivity index (χ0n) is 13.0. The molecule has 1 aromatic rings. The van der Waals surface area contributed by atoms with Crippen LogP contribution in [-0.2, 0) is 4.79 Å². The third-order valence-electron chi connectivity index (χ3n) is 4.25. The average molecular weight is 384 g/mol. The van der Waals surface area contributed by atoms with E-state index in [0.717, 1.165) is 12.1 Å². The van der Waals surface area contributed by atoms with Crippen LogP contribution < -0.4 is 10.2 Å². The van der Waals surface area contributed by atoms with Gasteiger partial charge in [0.15, 0.2) is 0 Å². The summed E-state index contributed by atoms with van der Waals surface area (Å²) in [7, 11) is 0. The fourth-order valence-electron chi connectivity index (χ4n) is 3.02. The van der Waals surface area contributed by atoms with Crippen molar-refractivity contribution in [1.29, 1.82) is 0 Å². The van der Waals surface area contributed by atoms with Crippen LogP contribution in [-0.4, -0.2) is 60.8 Å². The predicted octanol–water partition coefficient (Wildman–Crippen LogP) is 1.18. The summed E-state index contributed by atoms with van der Waals surface area (Å²) in [6.45, 7) is 2.28. The van der Waals surface area contributed by atoms with Crippen LogP contribution in [0.15, 0.2) is 18.2 Å². The average Bonchev–Trinajstić information content (AvgIpc) is 2.96. The molecule has 0 aliphatic carbocycles. The minimum absolute atomic E-state index is 0. The summed E-state index contributed by atoms with van der Waals surface area (Å²) < 4.78 is 27.0. The van der Waals surface area contributed by atoms with Crippen LogP contribution >= 0.6 is 24.8 Å². The van der Waals surface area contributed by atoms with Crippen LogP contribution in [0.25, 0.3) is 0 Å². The van der Waals surface area contributed by atoms with Crippen LogP contribution in [0.4, 0.5) is 14.5 Å². The Morgan fingerprint density at radius 1 is 1.17 bits per heavy atom. The number of carbonyl (C=O) groups is 1. The van der Waals surface area contributed by atoms with E-state index in [1.54, 1.807) is 9.80 Å². The van der Waals surface area contributed by atoms with E-state index in [4.69, 9.17) is 0 Å². The summed E-state index contributed by atoms with van der Waals surface area (Å²) in [5.74, 6) is -0.961. The molecule has 0 radical (unpaired) electrons. The Labute approximate surface area is 151 Å². The highest BCUT2D eigenvalue weighted by Gasteiger charge is 2.33. The fraction of sp³-hybridized carbons (Fsp3) is 0.533. The molecule has 1 aromatic carbocycles. The summed E-state index contributed by atoms with van der Waals surface area (Å²) in [6.07, 6.45) is -0.0472. The zero-order valence-corrected chi connectivity index (χ0v) is 14.6. The standard InChI is InChI=1S/C15H19F2N3O2.2ClH/c16-10-1-2-12(17)14(7-10)19-3-5-20(6-4-19)15(22)13-8-11(21)9-18-13;;/h1-2,7,11,13,18,21H,3-6,8-9H2;2*1H. The van der Waals surface area contributed by atoms with Crippen molar-refractivity contribution in [1.82, 2.24) is 10.2 Å². The SMILES string of the molecule is Cl.Cl.O=C(C1CC(O)CN1)N1CCN(c2cc(F)ccc2F)CC1. The van der Waals surface area contributed by atoms with Crippen LogP contribution in [0.1, 0.15) is 6.42 Å². The molecule has 136 valence electrons. The topological polar surface area (TPSA) is 55.8 Å². The summed E-state index contributed by atoms with van der Waals surface area (Å²) in [5, 5.41) is 12.5. The molecule has 0 aromatic heterocycles. The zero-order chi connectivity index (χ0) is 15.7. The van der Waals surface area contributed by atoms with E-state index in [1.807, 2.05) is 0 Å². The van der Waals surface area contributed by atoms with E-state index < -0.39 is 17.7 Å². The molecule has 24 heavy (non-hydrogen) atoms. The number of amides is 1. The molecule has 0 saturated carbocycles. The van der Waals surface area contributed by atoms with Crippen LogP contribution in [0.3, 0.4) is 0 Å². The van der Waals surface area contributed by atoms with Crippen LogP contribution in [0, 0.1) is 11.6 Å². The number of hydrogen-bond acceptors (Lipinski definition) is 4. The molecule has 9 heteroatoms. The van der Waals surface area contributed by atoms with Gasteiger partial charge in [-0.1, -0.05) is 0 Å². The van der Waals surface area contributed by atoms with Gasteiger partial charge in [-0.05, 0) is 18.6 Å². The molecule has 2 aliphatic heterocycles. The smallest absolute Gasteiger partial charge is 0.239 e. The molecule has 0 bridgehead atoms. The third kappa shape index (κ3) is 4.47. The minimum Gasteiger partial charge on any atom is -0.392 e. The normalized spacial score (nSPS) is 23.5. The number of carbonyl (C=O) groups excluding carboxylic acids is 1. The molecule has 2 atom stereocenters. The maximum absolute atomic E-state index is 13.8. The van der Waals surface area contributed by atoms with Gasteiger partial charge in [-0.3, -0.25) is 4.79 Å². The first-order chi connectivity index (χ1) is 10.5. The molecule has 3 rings (SSSR count). The highest BCUT2D eigenvalue weighted by Crippen LogP contribution is 2.22. The lowest BCUT2D eigenvalue weighted by Gasteiger charge is -2.37. The fourth-order valence-corrected chi connectivity index (χ4v) is 3.02. The number of hydrogen-bond donors (Lipinski definition) is 2. The van der Waals surface area contributed by atoms with Gasteiger partial charge < -0.3 is 20.2 Å². The van der Waals surface area contributed by atoms with Gasteiger partial charge in [0.2, 0.25) is 5.91 Å². The second kappa shape index (κ2) is 8.80. The number of nitrogens with one attached hydrogen (secondary N) is 1. The Kier molecular flexibility index (Phi) is 7.66. The Morgan fingerprint density at radius 3 is 2.42 bits per heavy atom. The van der Waals surface area contributed by atoms with Crippen molar-refractivity contribution in [2.24, 2.45) is 0 Å². The van der Waals surface area contributed by atoms with E-state index in [2.05, 4.69) is 5.32 Å². The second-order valence-electron chi connectivity index (χ2n) is 5.76. The maximum Gasteiger partial charge on any atom is 0.239 e. The van der Waals surface area contributed by atoms with E-state index >= 15 is 0 Å². The Balaban J connectivity index is 0.00000144. The number of nitrogens with zero attached hydrogens (tertiary/aromatic N) is 2. The van der Waals surface area contributed by atoms with Gasteiger partial charge in [0.05, 0.1) is 17.8 Å². The Hall–Kier alpha value is -1.15. The number of aliphatic hydroxyl groups excluding tert-OH is 1. The quantitative estimate of drug-likeness (QED) is 0.804. The number of aliphatic hydroxyl groups is 1.